The first-order valence-corrected chi connectivity index (χ1v) is 4.83. The summed E-state index contributed by atoms with van der Waals surface area (Å²) in [5.74, 6) is -0.321. The summed E-state index contributed by atoms with van der Waals surface area (Å²) in [6.07, 6.45) is 0.712. The molecule has 0 atom stereocenters. The van der Waals surface area contributed by atoms with Crippen LogP contribution in [-0.2, 0) is 7.05 Å². The van der Waals surface area contributed by atoms with E-state index in [1.807, 2.05) is 0 Å². The van der Waals surface area contributed by atoms with E-state index < -0.39 is 0 Å². The van der Waals surface area contributed by atoms with Crippen molar-refractivity contribution in [1.29, 1.82) is 0 Å². The standard InChI is InChI=1S/C10H7BrFNO/c1-13-8(5-14)9(11)6-3-2-4-7(12)10(6)13/h2-5H,1H3. The van der Waals surface area contributed by atoms with Crippen LogP contribution >= 0.6 is 15.9 Å². The molecule has 4 heteroatoms. The number of carbonyl (C=O) groups excluding carboxylic acids is 1. The SMILES string of the molecule is Cn1c(C=O)c(Br)c2cccc(F)c21. The van der Waals surface area contributed by atoms with Gasteiger partial charge in [-0.25, -0.2) is 4.39 Å². The maximum atomic E-state index is 13.4. The third-order valence-electron chi connectivity index (χ3n) is 2.26. The van der Waals surface area contributed by atoms with Crippen LogP contribution in [0.15, 0.2) is 22.7 Å². The second kappa shape index (κ2) is 3.20. The summed E-state index contributed by atoms with van der Waals surface area (Å²) in [5, 5.41) is 0.717. The Balaban J connectivity index is 3.01. The average molecular weight is 256 g/mol. The van der Waals surface area contributed by atoms with Gasteiger partial charge in [-0.15, -0.1) is 0 Å². The number of halogens is 2. The van der Waals surface area contributed by atoms with E-state index in [1.165, 1.54) is 6.07 Å². The number of para-hydroxylation sites is 1. The maximum absolute atomic E-state index is 13.4. The number of aromatic nitrogens is 1. The Hall–Kier alpha value is -1.16. The number of aldehydes is 1. The minimum atomic E-state index is -0.321. The normalized spacial score (nSPS) is 10.8. The van der Waals surface area contributed by atoms with E-state index in [-0.39, 0.29) is 5.82 Å². The number of nitrogens with zero attached hydrogens (tertiary/aromatic N) is 1. The van der Waals surface area contributed by atoms with Crippen LogP contribution in [0.2, 0.25) is 0 Å². The molecule has 0 aliphatic heterocycles. The molecule has 72 valence electrons. The highest BCUT2D eigenvalue weighted by Crippen LogP contribution is 2.30. The van der Waals surface area contributed by atoms with E-state index >= 15 is 0 Å². The van der Waals surface area contributed by atoms with Gasteiger partial charge in [-0.3, -0.25) is 4.79 Å². The molecular weight excluding hydrogens is 249 g/mol. The third kappa shape index (κ3) is 1.10. The van der Waals surface area contributed by atoms with Crippen LogP contribution in [0.3, 0.4) is 0 Å². The molecule has 0 amide bonds. The topological polar surface area (TPSA) is 22.0 Å². The molecule has 0 N–H and O–H groups in total. The van der Waals surface area contributed by atoms with E-state index in [9.17, 15) is 9.18 Å². The van der Waals surface area contributed by atoms with Crippen molar-refractivity contribution in [3.63, 3.8) is 0 Å². The number of hydrogen-bond acceptors (Lipinski definition) is 1. The van der Waals surface area contributed by atoms with Crippen LogP contribution in [0, 0.1) is 5.82 Å². The Bertz CT molecular complexity index is 518. The van der Waals surface area contributed by atoms with Crippen molar-refractivity contribution < 1.29 is 9.18 Å². The maximum Gasteiger partial charge on any atom is 0.167 e. The molecule has 0 unspecified atom stereocenters. The van der Waals surface area contributed by atoms with Gasteiger partial charge in [0.1, 0.15) is 5.82 Å². The van der Waals surface area contributed by atoms with E-state index in [4.69, 9.17) is 0 Å². The van der Waals surface area contributed by atoms with Crippen molar-refractivity contribution in [1.82, 2.24) is 4.57 Å². The summed E-state index contributed by atoms with van der Waals surface area (Å²) in [7, 11) is 1.67. The molecule has 1 aromatic carbocycles. The highest BCUT2D eigenvalue weighted by molar-refractivity contribution is 9.10. The summed E-state index contributed by atoms with van der Waals surface area (Å²) in [5.41, 5.74) is 0.895. The number of rotatable bonds is 1. The fourth-order valence-electron chi connectivity index (χ4n) is 1.57. The summed E-state index contributed by atoms with van der Waals surface area (Å²) in [6.45, 7) is 0. The molecule has 2 nitrogen and oxygen atoms in total. The Morgan fingerprint density at radius 2 is 2.21 bits per heavy atom. The predicted molar refractivity (Wildman–Crippen MR) is 56.0 cm³/mol. The first-order valence-electron chi connectivity index (χ1n) is 4.04. The average Bonchev–Trinajstić information content (AvgIpc) is 2.41. The lowest BCUT2D eigenvalue weighted by molar-refractivity contribution is 0.111. The highest BCUT2D eigenvalue weighted by atomic mass is 79.9. The van der Waals surface area contributed by atoms with Crippen LogP contribution in [0.5, 0.6) is 0 Å². The van der Waals surface area contributed by atoms with Gasteiger partial charge in [0, 0.05) is 12.4 Å². The predicted octanol–water partition coefficient (Wildman–Crippen LogP) is 2.89. The van der Waals surface area contributed by atoms with Crippen molar-refractivity contribution in [2.24, 2.45) is 7.05 Å². The van der Waals surface area contributed by atoms with Crippen molar-refractivity contribution in [2.75, 3.05) is 0 Å². The van der Waals surface area contributed by atoms with Gasteiger partial charge in [0.25, 0.3) is 0 Å². The smallest absolute Gasteiger partial charge is 0.167 e. The second-order valence-electron chi connectivity index (χ2n) is 3.01. The number of benzene rings is 1. The fraction of sp³-hybridized carbons (Fsp3) is 0.100. The van der Waals surface area contributed by atoms with Gasteiger partial charge in [0.2, 0.25) is 0 Å². The van der Waals surface area contributed by atoms with Crippen LogP contribution in [-0.4, -0.2) is 10.9 Å². The molecule has 0 saturated heterocycles. The highest BCUT2D eigenvalue weighted by Gasteiger charge is 2.14. The molecule has 0 saturated carbocycles. The molecule has 0 radical (unpaired) electrons. The number of fused-ring (bicyclic) bond motifs is 1. The van der Waals surface area contributed by atoms with Gasteiger partial charge in [-0.05, 0) is 22.0 Å². The summed E-state index contributed by atoms with van der Waals surface area (Å²) in [4.78, 5) is 10.8. The molecule has 0 aliphatic rings. The molecule has 0 fully saturated rings. The lowest BCUT2D eigenvalue weighted by atomic mass is 10.2. The number of hydrogen-bond donors (Lipinski definition) is 0. The molecule has 0 bridgehead atoms. The molecule has 0 aliphatic carbocycles. The zero-order valence-corrected chi connectivity index (χ0v) is 9.01. The van der Waals surface area contributed by atoms with Gasteiger partial charge in [-0.2, -0.15) is 0 Å². The number of aryl methyl sites for hydroxylation is 1. The van der Waals surface area contributed by atoms with Crippen molar-refractivity contribution in [3.8, 4) is 0 Å². The molecule has 1 heterocycles. The minimum Gasteiger partial charge on any atom is -0.338 e. The second-order valence-corrected chi connectivity index (χ2v) is 3.81. The molecular formula is C10H7BrFNO. The van der Waals surface area contributed by atoms with E-state index in [2.05, 4.69) is 15.9 Å². The van der Waals surface area contributed by atoms with Gasteiger partial charge in [0.05, 0.1) is 15.7 Å². The quantitative estimate of drug-likeness (QED) is 0.719. The van der Waals surface area contributed by atoms with Crippen molar-refractivity contribution in [2.45, 2.75) is 0 Å². The van der Waals surface area contributed by atoms with Crippen molar-refractivity contribution >= 4 is 33.1 Å². The molecule has 2 aromatic rings. The van der Waals surface area contributed by atoms with E-state index in [1.54, 1.807) is 23.7 Å². The summed E-state index contributed by atoms with van der Waals surface area (Å²) in [6, 6.07) is 4.77. The molecule has 14 heavy (non-hydrogen) atoms. The lowest BCUT2D eigenvalue weighted by Gasteiger charge is -1.97. The van der Waals surface area contributed by atoms with Crippen LogP contribution in [0.4, 0.5) is 4.39 Å². The van der Waals surface area contributed by atoms with Crippen LogP contribution in [0.25, 0.3) is 10.9 Å². The largest absolute Gasteiger partial charge is 0.338 e. The van der Waals surface area contributed by atoms with Crippen LogP contribution in [0.1, 0.15) is 10.5 Å². The van der Waals surface area contributed by atoms with E-state index in [0.29, 0.717) is 22.0 Å². The Morgan fingerprint density at radius 3 is 2.79 bits per heavy atom. The van der Waals surface area contributed by atoms with Gasteiger partial charge in [-0.1, -0.05) is 12.1 Å². The molecule has 1 aromatic heterocycles. The van der Waals surface area contributed by atoms with E-state index in [0.717, 1.165) is 5.39 Å². The zero-order chi connectivity index (χ0) is 10.3. The first kappa shape index (κ1) is 9.40. The minimum absolute atomic E-state index is 0.321. The molecule has 0 spiro atoms. The summed E-state index contributed by atoms with van der Waals surface area (Å²) >= 11 is 3.28. The van der Waals surface area contributed by atoms with Crippen LogP contribution < -0.4 is 0 Å². The van der Waals surface area contributed by atoms with Gasteiger partial charge < -0.3 is 4.57 Å². The third-order valence-corrected chi connectivity index (χ3v) is 3.09. The summed E-state index contributed by atoms with van der Waals surface area (Å²) < 4.78 is 15.6. The Kier molecular flexibility index (Phi) is 2.15. The molecule has 2 rings (SSSR count). The lowest BCUT2D eigenvalue weighted by Crippen LogP contribution is -1.95. The Labute approximate surface area is 88.5 Å². The fourth-order valence-corrected chi connectivity index (χ4v) is 2.25. The number of carbonyl (C=O) groups is 1. The van der Waals surface area contributed by atoms with Gasteiger partial charge >= 0.3 is 0 Å². The monoisotopic (exact) mass is 255 g/mol. The first-order chi connectivity index (χ1) is 6.66. The zero-order valence-electron chi connectivity index (χ0n) is 7.42. The van der Waals surface area contributed by atoms with Crippen molar-refractivity contribution in [3.05, 3.63) is 34.2 Å². The Morgan fingerprint density at radius 1 is 1.50 bits per heavy atom. The van der Waals surface area contributed by atoms with Gasteiger partial charge in [0.15, 0.2) is 6.29 Å².